The molecule has 1 unspecified atom stereocenters. The highest BCUT2D eigenvalue weighted by molar-refractivity contribution is 5.99. The van der Waals surface area contributed by atoms with E-state index in [0.717, 1.165) is 74.8 Å². The Hall–Kier alpha value is -2.27. The number of nitrogens with zero attached hydrogens (tertiary/aromatic N) is 2. The molecule has 2 heterocycles. The van der Waals surface area contributed by atoms with Crippen molar-refractivity contribution in [3.05, 3.63) is 41.6 Å². The Morgan fingerprint density at radius 2 is 1.86 bits per heavy atom. The highest BCUT2D eigenvalue weighted by atomic mass is 16.5. The van der Waals surface area contributed by atoms with Gasteiger partial charge in [0, 0.05) is 24.0 Å². The molecule has 28 heavy (non-hydrogen) atoms. The maximum atomic E-state index is 12.9. The van der Waals surface area contributed by atoms with E-state index in [4.69, 9.17) is 4.74 Å². The molecule has 148 valence electrons. The number of carbonyl (C=O) groups excluding carboxylic acids is 2. The van der Waals surface area contributed by atoms with Crippen LogP contribution in [0.2, 0.25) is 0 Å². The van der Waals surface area contributed by atoms with Crippen LogP contribution in [0.4, 0.5) is 0 Å². The first-order valence-electron chi connectivity index (χ1n) is 10.4. The molecule has 0 spiro atoms. The molecule has 4 rings (SSSR count). The minimum absolute atomic E-state index is 0.0191. The zero-order valence-corrected chi connectivity index (χ0v) is 16.5. The summed E-state index contributed by atoms with van der Waals surface area (Å²) in [6.07, 6.45) is 7.89. The summed E-state index contributed by atoms with van der Waals surface area (Å²) in [6, 6.07) is 9.83. The molecular weight excluding hydrogens is 352 g/mol. The lowest BCUT2D eigenvalue weighted by atomic mass is 9.76. The molecule has 1 aliphatic carbocycles. The lowest BCUT2D eigenvalue weighted by Crippen LogP contribution is -2.28. The van der Waals surface area contributed by atoms with Crippen LogP contribution in [0.5, 0.6) is 0 Å². The number of benzene rings is 1. The standard InChI is InChI=1S/C23H28N2O3/c1-16-14-21(25(24-16)22-8-4-5-13-28-22)17-9-11-18(12-10-17)23(27)20-7-3-2-6-19(20)15-26/h9-12,14-15,19-20,22H,2-8,13H2,1H3/t19-,20+,22?/m0/s1. The van der Waals surface area contributed by atoms with E-state index < -0.39 is 0 Å². The van der Waals surface area contributed by atoms with E-state index in [1.54, 1.807) is 0 Å². The molecule has 0 bridgehead atoms. The monoisotopic (exact) mass is 380 g/mol. The van der Waals surface area contributed by atoms with Gasteiger partial charge in [0.15, 0.2) is 12.0 Å². The Morgan fingerprint density at radius 1 is 1.11 bits per heavy atom. The molecule has 1 aliphatic heterocycles. The summed E-state index contributed by atoms with van der Waals surface area (Å²) in [7, 11) is 0. The quantitative estimate of drug-likeness (QED) is 0.555. The van der Waals surface area contributed by atoms with Gasteiger partial charge in [0.1, 0.15) is 6.29 Å². The van der Waals surface area contributed by atoms with Gasteiger partial charge in [-0.05, 0) is 50.7 Å². The molecule has 0 N–H and O–H groups in total. The van der Waals surface area contributed by atoms with E-state index >= 15 is 0 Å². The third-order valence-corrected chi connectivity index (χ3v) is 6.08. The van der Waals surface area contributed by atoms with E-state index in [1.807, 2.05) is 35.9 Å². The van der Waals surface area contributed by atoms with Gasteiger partial charge in [-0.1, -0.05) is 37.1 Å². The second-order valence-corrected chi connectivity index (χ2v) is 8.07. The van der Waals surface area contributed by atoms with Gasteiger partial charge in [0.2, 0.25) is 0 Å². The SMILES string of the molecule is Cc1cc(-c2ccc(C(=O)[C@@H]3CCCC[C@H]3C=O)cc2)n(C2CCCCO2)n1. The molecule has 1 aromatic heterocycles. The summed E-state index contributed by atoms with van der Waals surface area (Å²) in [5.41, 5.74) is 3.70. The minimum atomic E-state index is -0.166. The van der Waals surface area contributed by atoms with Crippen molar-refractivity contribution in [2.75, 3.05) is 6.61 Å². The number of Topliss-reactive ketones (excluding diaryl/α,β-unsaturated/α-hetero) is 1. The van der Waals surface area contributed by atoms with E-state index in [-0.39, 0.29) is 23.8 Å². The molecule has 2 aliphatic rings. The molecule has 1 aromatic carbocycles. The molecule has 5 nitrogen and oxygen atoms in total. The Morgan fingerprint density at radius 3 is 2.57 bits per heavy atom. The topological polar surface area (TPSA) is 61.2 Å². The molecule has 1 saturated carbocycles. The van der Waals surface area contributed by atoms with Crippen molar-refractivity contribution in [1.29, 1.82) is 0 Å². The van der Waals surface area contributed by atoms with Gasteiger partial charge in [-0.15, -0.1) is 0 Å². The predicted octanol–water partition coefficient (Wildman–Crippen LogP) is 4.75. The van der Waals surface area contributed by atoms with Gasteiger partial charge >= 0.3 is 0 Å². The normalized spacial score (nSPS) is 25.4. The third-order valence-electron chi connectivity index (χ3n) is 6.08. The minimum Gasteiger partial charge on any atom is -0.356 e. The van der Waals surface area contributed by atoms with Crippen LogP contribution in [0.1, 0.15) is 67.2 Å². The first-order chi connectivity index (χ1) is 13.7. The van der Waals surface area contributed by atoms with Crippen LogP contribution >= 0.6 is 0 Å². The average molecular weight is 380 g/mol. The van der Waals surface area contributed by atoms with Gasteiger partial charge in [-0.3, -0.25) is 4.79 Å². The van der Waals surface area contributed by atoms with Crippen molar-refractivity contribution in [1.82, 2.24) is 9.78 Å². The Balaban J connectivity index is 1.57. The molecule has 2 aromatic rings. The predicted molar refractivity (Wildman–Crippen MR) is 107 cm³/mol. The fraction of sp³-hybridized carbons (Fsp3) is 0.522. The van der Waals surface area contributed by atoms with Gasteiger partial charge in [0.25, 0.3) is 0 Å². The lowest BCUT2D eigenvalue weighted by Gasteiger charge is -2.26. The number of carbonyl (C=O) groups is 2. The zero-order chi connectivity index (χ0) is 19.5. The van der Waals surface area contributed by atoms with Crippen LogP contribution in [0, 0.1) is 18.8 Å². The Labute approximate surface area is 166 Å². The van der Waals surface area contributed by atoms with Crippen LogP contribution < -0.4 is 0 Å². The summed E-state index contributed by atoms with van der Waals surface area (Å²) < 4.78 is 7.90. The number of aromatic nitrogens is 2. The van der Waals surface area contributed by atoms with Crippen molar-refractivity contribution in [2.45, 2.75) is 58.1 Å². The van der Waals surface area contributed by atoms with Crippen molar-refractivity contribution in [3.63, 3.8) is 0 Å². The molecule has 0 amide bonds. The number of ether oxygens (including phenoxy) is 1. The smallest absolute Gasteiger partial charge is 0.166 e. The van der Waals surface area contributed by atoms with Crippen molar-refractivity contribution < 1.29 is 14.3 Å². The first-order valence-corrected chi connectivity index (χ1v) is 10.4. The maximum absolute atomic E-state index is 12.9. The van der Waals surface area contributed by atoms with Crippen LogP contribution in [0.25, 0.3) is 11.3 Å². The molecule has 1 saturated heterocycles. The second-order valence-electron chi connectivity index (χ2n) is 8.07. The van der Waals surface area contributed by atoms with Crippen LogP contribution in [0.15, 0.2) is 30.3 Å². The Kier molecular flexibility index (Phi) is 5.72. The number of rotatable bonds is 5. The van der Waals surface area contributed by atoms with E-state index in [0.29, 0.717) is 5.56 Å². The van der Waals surface area contributed by atoms with Crippen LogP contribution in [-0.4, -0.2) is 28.5 Å². The lowest BCUT2D eigenvalue weighted by molar-refractivity contribution is -0.112. The average Bonchev–Trinajstić information content (AvgIpc) is 3.15. The highest BCUT2D eigenvalue weighted by Crippen LogP contribution is 2.33. The largest absolute Gasteiger partial charge is 0.356 e. The van der Waals surface area contributed by atoms with Gasteiger partial charge in [-0.25, -0.2) is 4.68 Å². The number of aldehydes is 1. The summed E-state index contributed by atoms with van der Waals surface area (Å²) in [4.78, 5) is 24.3. The van der Waals surface area contributed by atoms with Gasteiger partial charge in [0.05, 0.1) is 11.4 Å². The summed E-state index contributed by atoms with van der Waals surface area (Å²) in [5.74, 6) is -0.197. The number of hydrogen-bond acceptors (Lipinski definition) is 4. The maximum Gasteiger partial charge on any atom is 0.166 e. The van der Waals surface area contributed by atoms with Crippen LogP contribution in [-0.2, 0) is 9.53 Å². The second kappa shape index (κ2) is 8.39. The molecular formula is C23H28N2O3. The fourth-order valence-electron chi connectivity index (χ4n) is 4.54. The summed E-state index contributed by atoms with van der Waals surface area (Å²) in [6.45, 7) is 2.76. The number of hydrogen-bond donors (Lipinski definition) is 0. The van der Waals surface area contributed by atoms with Crippen molar-refractivity contribution >= 4 is 12.1 Å². The van der Waals surface area contributed by atoms with E-state index in [1.165, 1.54) is 0 Å². The zero-order valence-electron chi connectivity index (χ0n) is 16.5. The van der Waals surface area contributed by atoms with E-state index in [2.05, 4.69) is 11.2 Å². The third kappa shape index (κ3) is 3.81. The van der Waals surface area contributed by atoms with Crippen molar-refractivity contribution in [2.24, 2.45) is 11.8 Å². The van der Waals surface area contributed by atoms with E-state index in [9.17, 15) is 9.59 Å². The first kappa shape index (κ1) is 19.1. The van der Waals surface area contributed by atoms with Crippen molar-refractivity contribution in [3.8, 4) is 11.3 Å². The summed E-state index contributed by atoms with van der Waals surface area (Å²) >= 11 is 0. The van der Waals surface area contributed by atoms with Crippen LogP contribution in [0.3, 0.4) is 0 Å². The Bertz CT molecular complexity index is 834. The number of aryl methyl sites for hydroxylation is 1. The molecule has 0 radical (unpaired) electrons. The van der Waals surface area contributed by atoms with Gasteiger partial charge < -0.3 is 9.53 Å². The highest BCUT2D eigenvalue weighted by Gasteiger charge is 2.31. The number of ketones is 1. The molecule has 3 atom stereocenters. The fourth-order valence-corrected chi connectivity index (χ4v) is 4.54. The molecule has 5 heteroatoms. The summed E-state index contributed by atoms with van der Waals surface area (Å²) in [5, 5.41) is 4.65. The van der Waals surface area contributed by atoms with Gasteiger partial charge in [-0.2, -0.15) is 5.10 Å². The molecule has 2 fully saturated rings.